The van der Waals surface area contributed by atoms with Gasteiger partial charge in [0.1, 0.15) is 0 Å². The van der Waals surface area contributed by atoms with Crippen molar-refractivity contribution in [1.82, 2.24) is 4.90 Å². The molecular weight excluding hydrogens is 170 g/mol. The van der Waals surface area contributed by atoms with Crippen LogP contribution in [0.25, 0.3) is 0 Å². The van der Waals surface area contributed by atoms with Crippen molar-refractivity contribution < 1.29 is 0 Å². The Kier molecular flexibility index (Phi) is 4.94. The third-order valence-corrected chi connectivity index (χ3v) is 3.98. The molecule has 1 nitrogen and oxygen atoms in total. The van der Waals surface area contributed by atoms with Gasteiger partial charge in [-0.25, -0.2) is 0 Å². The van der Waals surface area contributed by atoms with Crippen LogP contribution in [0.4, 0.5) is 0 Å². The van der Waals surface area contributed by atoms with Gasteiger partial charge < -0.3 is 4.90 Å². The zero-order valence-corrected chi connectivity index (χ0v) is 10.4. The molecule has 0 aromatic rings. The van der Waals surface area contributed by atoms with Crippen molar-refractivity contribution in [2.75, 3.05) is 14.1 Å². The SMILES string of the molecule is CCC[C@@H](CC)[C@@H]1CCC[C@H]1N(C)C. The lowest BCUT2D eigenvalue weighted by Crippen LogP contribution is -2.35. The third-order valence-electron chi connectivity index (χ3n) is 3.98. The van der Waals surface area contributed by atoms with E-state index in [1.165, 1.54) is 38.5 Å². The van der Waals surface area contributed by atoms with E-state index in [0.717, 1.165) is 17.9 Å². The highest BCUT2D eigenvalue weighted by molar-refractivity contribution is 4.86. The monoisotopic (exact) mass is 197 g/mol. The van der Waals surface area contributed by atoms with E-state index in [4.69, 9.17) is 0 Å². The molecule has 1 rings (SSSR count). The molecule has 0 spiro atoms. The molecule has 1 fully saturated rings. The van der Waals surface area contributed by atoms with Crippen molar-refractivity contribution in [3.63, 3.8) is 0 Å². The van der Waals surface area contributed by atoms with Crippen molar-refractivity contribution in [1.29, 1.82) is 0 Å². The highest BCUT2D eigenvalue weighted by atomic mass is 15.1. The van der Waals surface area contributed by atoms with Gasteiger partial charge in [-0.1, -0.05) is 39.5 Å². The van der Waals surface area contributed by atoms with Gasteiger partial charge in [-0.05, 0) is 38.8 Å². The summed E-state index contributed by atoms with van der Waals surface area (Å²) in [5, 5.41) is 0. The molecule has 0 aromatic heterocycles. The molecule has 0 bridgehead atoms. The molecule has 1 saturated carbocycles. The first-order valence-corrected chi connectivity index (χ1v) is 6.37. The standard InChI is InChI=1S/C13H27N/c1-5-8-11(6-2)12-9-7-10-13(12)14(3)4/h11-13H,5-10H2,1-4H3/t11-,12+,13-/m1/s1. The smallest absolute Gasteiger partial charge is 0.0120 e. The lowest BCUT2D eigenvalue weighted by atomic mass is 9.82. The highest BCUT2D eigenvalue weighted by Gasteiger charge is 2.33. The van der Waals surface area contributed by atoms with E-state index in [9.17, 15) is 0 Å². The zero-order chi connectivity index (χ0) is 10.6. The predicted octanol–water partition coefficient (Wildman–Crippen LogP) is 3.54. The van der Waals surface area contributed by atoms with Crippen LogP contribution in [0, 0.1) is 11.8 Å². The summed E-state index contributed by atoms with van der Waals surface area (Å²) in [7, 11) is 4.50. The second-order valence-electron chi connectivity index (χ2n) is 5.08. The van der Waals surface area contributed by atoms with E-state index in [1.54, 1.807) is 0 Å². The van der Waals surface area contributed by atoms with Crippen LogP contribution >= 0.6 is 0 Å². The van der Waals surface area contributed by atoms with E-state index < -0.39 is 0 Å². The van der Waals surface area contributed by atoms with Gasteiger partial charge >= 0.3 is 0 Å². The van der Waals surface area contributed by atoms with Crippen LogP contribution in [0.1, 0.15) is 52.4 Å². The summed E-state index contributed by atoms with van der Waals surface area (Å²) in [6.07, 6.45) is 8.52. The van der Waals surface area contributed by atoms with E-state index in [1.807, 2.05) is 0 Å². The molecule has 14 heavy (non-hydrogen) atoms. The molecule has 0 saturated heterocycles. The number of rotatable bonds is 5. The van der Waals surface area contributed by atoms with Gasteiger partial charge in [0.15, 0.2) is 0 Å². The molecular formula is C13H27N. The van der Waals surface area contributed by atoms with Crippen LogP contribution in [0.15, 0.2) is 0 Å². The van der Waals surface area contributed by atoms with Gasteiger partial charge in [0.25, 0.3) is 0 Å². The molecule has 3 atom stereocenters. The Morgan fingerprint density at radius 1 is 1.21 bits per heavy atom. The van der Waals surface area contributed by atoms with Crippen LogP contribution in [-0.2, 0) is 0 Å². The molecule has 0 radical (unpaired) electrons. The van der Waals surface area contributed by atoms with Crippen molar-refractivity contribution in [3.8, 4) is 0 Å². The molecule has 0 unspecified atom stereocenters. The first-order valence-electron chi connectivity index (χ1n) is 6.37. The first kappa shape index (κ1) is 12.0. The minimum absolute atomic E-state index is 0.867. The summed E-state index contributed by atoms with van der Waals surface area (Å²) in [6, 6.07) is 0.867. The normalized spacial score (nSPS) is 29.8. The molecule has 0 aromatic carbocycles. The second kappa shape index (κ2) is 5.75. The Balaban J connectivity index is 2.54. The largest absolute Gasteiger partial charge is 0.306 e. The lowest BCUT2D eigenvalue weighted by molar-refractivity contribution is 0.172. The number of hydrogen-bond donors (Lipinski definition) is 0. The molecule has 0 aliphatic heterocycles. The van der Waals surface area contributed by atoms with Gasteiger partial charge in [-0.3, -0.25) is 0 Å². The maximum absolute atomic E-state index is 2.45. The van der Waals surface area contributed by atoms with Crippen LogP contribution in [-0.4, -0.2) is 25.0 Å². The van der Waals surface area contributed by atoms with E-state index >= 15 is 0 Å². The lowest BCUT2D eigenvalue weighted by Gasteiger charge is -2.32. The Hall–Kier alpha value is -0.0400. The van der Waals surface area contributed by atoms with E-state index in [2.05, 4.69) is 32.8 Å². The Morgan fingerprint density at radius 2 is 1.93 bits per heavy atom. The molecule has 1 heteroatoms. The van der Waals surface area contributed by atoms with Crippen LogP contribution in [0.5, 0.6) is 0 Å². The zero-order valence-electron chi connectivity index (χ0n) is 10.4. The quantitative estimate of drug-likeness (QED) is 0.651. The Morgan fingerprint density at radius 3 is 2.43 bits per heavy atom. The minimum atomic E-state index is 0.867. The second-order valence-corrected chi connectivity index (χ2v) is 5.08. The van der Waals surface area contributed by atoms with Gasteiger partial charge in [0, 0.05) is 6.04 Å². The number of hydrogen-bond acceptors (Lipinski definition) is 1. The third kappa shape index (κ3) is 2.73. The van der Waals surface area contributed by atoms with Gasteiger partial charge in [0.2, 0.25) is 0 Å². The fraction of sp³-hybridized carbons (Fsp3) is 1.00. The van der Waals surface area contributed by atoms with Crippen molar-refractivity contribution >= 4 is 0 Å². The fourth-order valence-electron chi connectivity index (χ4n) is 3.25. The minimum Gasteiger partial charge on any atom is -0.306 e. The van der Waals surface area contributed by atoms with Crippen LogP contribution < -0.4 is 0 Å². The summed E-state index contributed by atoms with van der Waals surface area (Å²) in [4.78, 5) is 2.45. The first-order chi connectivity index (χ1) is 6.70. The number of nitrogens with zero attached hydrogens (tertiary/aromatic N) is 1. The predicted molar refractivity (Wildman–Crippen MR) is 63.5 cm³/mol. The summed E-state index contributed by atoms with van der Waals surface area (Å²) in [6.45, 7) is 4.69. The average Bonchev–Trinajstić information content (AvgIpc) is 2.62. The van der Waals surface area contributed by atoms with Gasteiger partial charge in [-0.15, -0.1) is 0 Å². The maximum atomic E-state index is 2.45. The van der Waals surface area contributed by atoms with Gasteiger partial charge in [0.05, 0.1) is 0 Å². The molecule has 0 amide bonds. The summed E-state index contributed by atoms with van der Waals surface area (Å²) < 4.78 is 0. The summed E-state index contributed by atoms with van der Waals surface area (Å²) in [5.41, 5.74) is 0. The maximum Gasteiger partial charge on any atom is 0.0120 e. The fourth-order valence-corrected chi connectivity index (χ4v) is 3.25. The molecule has 0 heterocycles. The molecule has 1 aliphatic rings. The van der Waals surface area contributed by atoms with Crippen molar-refractivity contribution in [3.05, 3.63) is 0 Å². The highest BCUT2D eigenvalue weighted by Crippen LogP contribution is 2.37. The van der Waals surface area contributed by atoms with Crippen LogP contribution in [0.3, 0.4) is 0 Å². The Labute approximate surface area is 89.9 Å². The molecule has 84 valence electrons. The van der Waals surface area contributed by atoms with Crippen molar-refractivity contribution in [2.24, 2.45) is 11.8 Å². The summed E-state index contributed by atoms with van der Waals surface area (Å²) in [5.74, 6) is 1.96. The van der Waals surface area contributed by atoms with Crippen LogP contribution in [0.2, 0.25) is 0 Å². The summed E-state index contributed by atoms with van der Waals surface area (Å²) >= 11 is 0. The van der Waals surface area contributed by atoms with Crippen molar-refractivity contribution in [2.45, 2.75) is 58.4 Å². The van der Waals surface area contributed by atoms with Gasteiger partial charge in [-0.2, -0.15) is 0 Å². The molecule has 1 aliphatic carbocycles. The molecule has 0 N–H and O–H groups in total. The van der Waals surface area contributed by atoms with E-state index in [0.29, 0.717) is 0 Å². The Bertz CT molecular complexity index is 153. The topological polar surface area (TPSA) is 3.24 Å². The average molecular weight is 197 g/mol. The van der Waals surface area contributed by atoms with E-state index in [-0.39, 0.29) is 0 Å².